The number of likely N-dealkylation sites (N-methyl/N-ethyl adjacent to an activating group) is 1. The van der Waals surface area contributed by atoms with Crippen molar-refractivity contribution in [3.63, 3.8) is 0 Å². The average molecular weight is 182 g/mol. The molecule has 72 valence electrons. The molecule has 12 heavy (non-hydrogen) atoms. The number of rotatable bonds is 1. The smallest absolute Gasteiger partial charge is 0.316 e. The third-order valence-electron chi connectivity index (χ3n) is 2.22. The summed E-state index contributed by atoms with van der Waals surface area (Å²) in [5.41, 5.74) is 0. The molecule has 0 amide bonds. The second-order valence-corrected chi connectivity index (χ2v) is 3.12. The maximum Gasteiger partial charge on any atom is 0.393 e. The van der Waals surface area contributed by atoms with Crippen LogP contribution in [0.15, 0.2) is 0 Å². The average Bonchev–Trinajstić information content (AvgIpc) is 2.03. The molecule has 0 unspecified atom stereocenters. The second kappa shape index (κ2) is 3.62. The lowest BCUT2D eigenvalue weighted by molar-refractivity contribution is -0.179. The number of piperidine rings is 1. The number of alkyl halides is 3. The fraction of sp³-hybridized carbons (Fsp3) is 1.00. The molecule has 0 aromatic rings. The molecule has 2 atom stereocenters. The monoisotopic (exact) mass is 182 g/mol. The van der Waals surface area contributed by atoms with Crippen LogP contribution in [0.4, 0.5) is 13.2 Å². The molecule has 1 saturated heterocycles. The van der Waals surface area contributed by atoms with Gasteiger partial charge < -0.3 is 10.6 Å². The Morgan fingerprint density at radius 2 is 2.00 bits per heavy atom. The Morgan fingerprint density at radius 3 is 2.50 bits per heavy atom. The highest BCUT2D eigenvalue weighted by atomic mass is 19.4. The van der Waals surface area contributed by atoms with Crippen molar-refractivity contribution in [2.24, 2.45) is 5.92 Å². The van der Waals surface area contributed by atoms with Crippen LogP contribution in [0.25, 0.3) is 0 Å². The van der Waals surface area contributed by atoms with Gasteiger partial charge in [-0.2, -0.15) is 13.2 Å². The highest BCUT2D eigenvalue weighted by Gasteiger charge is 2.41. The molecule has 0 radical (unpaired) electrons. The first-order chi connectivity index (χ1) is 5.54. The van der Waals surface area contributed by atoms with Gasteiger partial charge in [-0.1, -0.05) is 0 Å². The Morgan fingerprint density at radius 1 is 1.33 bits per heavy atom. The largest absolute Gasteiger partial charge is 0.393 e. The van der Waals surface area contributed by atoms with Crippen LogP contribution < -0.4 is 10.6 Å². The van der Waals surface area contributed by atoms with Gasteiger partial charge in [-0.15, -0.1) is 0 Å². The van der Waals surface area contributed by atoms with E-state index >= 15 is 0 Å². The van der Waals surface area contributed by atoms with Gasteiger partial charge in [0.1, 0.15) is 0 Å². The minimum absolute atomic E-state index is 0.0506. The second-order valence-electron chi connectivity index (χ2n) is 3.12. The summed E-state index contributed by atoms with van der Waals surface area (Å²) in [5.74, 6) is -1.19. The first-order valence-electron chi connectivity index (χ1n) is 3.98. The lowest BCUT2D eigenvalue weighted by atomic mass is 9.95. The molecular weight excluding hydrogens is 169 g/mol. The highest BCUT2D eigenvalue weighted by molar-refractivity contribution is 4.83. The molecule has 1 heterocycles. The van der Waals surface area contributed by atoms with Gasteiger partial charge in [0.25, 0.3) is 0 Å². The van der Waals surface area contributed by atoms with Crippen molar-refractivity contribution in [2.75, 3.05) is 20.1 Å². The van der Waals surface area contributed by atoms with Crippen molar-refractivity contribution in [2.45, 2.75) is 18.6 Å². The minimum Gasteiger partial charge on any atom is -0.316 e. The predicted octanol–water partition coefficient (Wildman–Crippen LogP) is 0.746. The van der Waals surface area contributed by atoms with Gasteiger partial charge in [-0.25, -0.2) is 0 Å². The van der Waals surface area contributed by atoms with Gasteiger partial charge in [-0.3, -0.25) is 0 Å². The van der Waals surface area contributed by atoms with E-state index in [1.54, 1.807) is 7.05 Å². The third kappa shape index (κ3) is 2.35. The van der Waals surface area contributed by atoms with Crippen LogP contribution in [0.3, 0.4) is 0 Å². The van der Waals surface area contributed by atoms with E-state index in [9.17, 15) is 13.2 Å². The molecule has 1 aliphatic heterocycles. The van der Waals surface area contributed by atoms with Crippen LogP contribution in [0.1, 0.15) is 6.42 Å². The van der Waals surface area contributed by atoms with E-state index in [2.05, 4.69) is 10.6 Å². The minimum atomic E-state index is -4.05. The molecule has 2 N–H and O–H groups in total. The first-order valence-corrected chi connectivity index (χ1v) is 3.98. The topological polar surface area (TPSA) is 24.1 Å². The van der Waals surface area contributed by atoms with Crippen LogP contribution in [-0.4, -0.2) is 32.4 Å². The van der Waals surface area contributed by atoms with Gasteiger partial charge in [0.15, 0.2) is 0 Å². The lowest BCUT2D eigenvalue weighted by Gasteiger charge is -2.30. The molecule has 0 bridgehead atoms. The molecule has 1 fully saturated rings. The zero-order chi connectivity index (χ0) is 9.19. The van der Waals surface area contributed by atoms with Crippen LogP contribution in [0.2, 0.25) is 0 Å². The van der Waals surface area contributed by atoms with Crippen molar-refractivity contribution in [3.8, 4) is 0 Å². The van der Waals surface area contributed by atoms with Crippen LogP contribution in [0, 0.1) is 5.92 Å². The molecule has 0 spiro atoms. The zero-order valence-corrected chi connectivity index (χ0v) is 6.91. The Labute approximate surface area is 69.5 Å². The van der Waals surface area contributed by atoms with Crippen molar-refractivity contribution < 1.29 is 13.2 Å². The molecule has 5 heteroatoms. The van der Waals surface area contributed by atoms with E-state index in [1.807, 2.05) is 0 Å². The maximum absolute atomic E-state index is 12.2. The normalized spacial score (nSPS) is 32.0. The summed E-state index contributed by atoms with van der Waals surface area (Å²) in [6.45, 7) is 0.685. The van der Waals surface area contributed by atoms with Gasteiger partial charge >= 0.3 is 6.18 Å². The van der Waals surface area contributed by atoms with Crippen molar-refractivity contribution >= 4 is 0 Å². The van der Waals surface area contributed by atoms with Gasteiger partial charge in [0.05, 0.1) is 5.92 Å². The Hall–Kier alpha value is -0.290. The first kappa shape index (κ1) is 9.80. The van der Waals surface area contributed by atoms with Crippen LogP contribution in [0.5, 0.6) is 0 Å². The van der Waals surface area contributed by atoms with E-state index < -0.39 is 12.1 Å². The van der Waals surface area contributed by atoms with Crippen LogP contribution >= 0.6 is 0 Å². The number of halogens is 3. The molecule has 2 nitrogen and oxygen atoms in total. The summed E-state index contributed by atoms with van der Waals surface area (Å²) in [5, 5.41) is 5.60. The molecular formula is C7H13F3N2. The maximum atomic E-state index is 12.2. The molecule has 0 aromatic heterocycles. The fourth-order valence-corrected chi connectivity index (χ4v) is 1.41. The lowest BCUT2D eigenvalue weighted by Crippen LogP contribution is -2.49. The number of hydrogen-bond donors (Lipinski definition) is 2. The molecule has 0 aromatic carbocycles. The van der Waals surface area contributed by atoms with Gasteiger partial charge in [-0.05, 0) is 13.5 Å². The Bertz CT molecular complexity index is 146. The zero-order valence-electron chi connectivity index (χ0n) is 6.91. The molecule has 0 aliphatic carbocycles. The van der Waals surface area contributed by atoms with E-state index in [0.29, 0.717) is 6.54 Å². The Kier molecular flexibility index (Phi) is 2.95. The highest BCUT2D eigenvalue weighted by Crippen LogP contribution is 2.30. The van der Waals surface area contributed by atoms with E-state index in [4.69, 9.17) is 0 Å². The standard InChI is InChI=1S/C7H13F3N2/c1-11-6-2-5(3-12-4-6)7(8,9)10/h5-6,11-12H,2-4H2,1H3/t5-,6-/m0/s1. The predicted molar refractivity (Wildman–Crippen MR) is 39.9 cm³/mol. The van der Waals surface area contributed by atoms with Gasteiger partial charge in [0, 0.05) is 19.1 Å². The van der Waals surface area contributed by atoms with Gasteiger partial charge in [0.2, 0.25) is 0 Å². The van der Waals surface area contributed by atoms with Crippen LogP contribution in [-0.2, 0) is 0 Å². The summed E-state index contributed by atoms with van der Waals surface area (Å²) in [4.78, 5) is 0. The molecule has 1 rings (SSSR count). The fourth-order valence-electron chi connectivity index (χ4n) is 1.41. The van der Waals surface area contributed by atoms with E-state index in [-0.39, 0.29) is 19.0 Å². The van der Waals surface area contributed by atoms with Crippen molar-refractivity contribution in [3.05, 3.63) is 0 Å². The quantitative estimate of drug-likeness (QED) is 0.625. The van der Waals surface area contributed by atoms with Crippen molar-refractivity contribution in [1.82, 2.24) is 10.6 Å². The summed E-state index contributed by atoms with van der Waals surface area (Å²) in [6, 6.07) is -0.0506. The number of hydrogen-bond acceptors (Lipinski definition) is 2. The summed E-state index contributed by atoms with van der Waals surface area (Å²) >= 11 is 0. The molecule has 1 aliphatic rings. The SMILES string of the molecule is CN[C@@H]1CNC[C@@H](C(F)(F)F)C1. The summed E-state index contributed by atoms with van der Waals surface area (Å²) in [7, 11) is 1.69. The summed E-state index contributed by atoms with van der Waals surface area (Å²) in [6.07, 6.45) is -3.87. The summed E-state index contributed by atoms with van der Waals surface area (Å²) < 4.78 is 36.5. The Balaban J connectivity index is 2.46. The number of nitrogens with one attached hydrogen (secondary N) is 2. The van der Waals surface area contributed by atoms with E-state index in [1.165, 1.54) is 0 Å². The van der Waals surface area contributed by atoms with Crippen molar-refractivity contribution in [1.29, 1.82) is 0 Å². The third-order valence-corrected chi connectivity index (χ3v) is 2.22. The molecule has 0 saturated carbocycles. The van der Waals surface area contributed by atoms with E-state index in [0.717, 1.165) is 0 Å².